The molecule has 0 atom stereocenters. The summed E-state index contributed by atoms with van der Waals surface area (Å²) in [6.45, 7) is 5.50. The van der Waals surface area contributed by atoms with E-state index < -0.39 is 5.97 Å². The Labute approximate surface area is 112 Å². The fourth-order valence-electron chi connectivity index (χ4n) is 0.604. The van der Waals surface area contributed by atoms with Gasteiger partial charge in [-0.25, -0.2) is 4.79 Å². The Bertz CT molecular complexity index is 259. The van der Waals surface area contributed by atoms with Gasteiger partial charge in [0.25, 0.3) is 0 Å². The average molecular weight is 222 g/mol. The van der Waals surface area contributed by atoms with Crippen molar-refractivity contribution in [1.82, 2.24) is 0 Å². The molecule has 0 amide bonds. The molecule has 0 fully saturated rings. The number of aromatic hydroxyl groups is 1. The number of carboxylic acids is 1. The van der Waals surface area contributed by atoms with E-state index in [1.807, 2.05) is 6.92 Å². The number of phenolic OH excluding ortho intramolecular Hbond substituents is 1. The Kier molecular flexibility index (Phi) is 15.3. The third-order valence-electron chi connectivity index (χ3n) is 1.11. The van der Waals surface area contributed by atoms with Gasteiger partial charge in [-0.05, 0) is 24.3 Å². The van der Waals surface area contributed by atoms with Crippen LogP contribution in [0.25, 0.3) is 0 Å². The van der Waals surface area contributed by atoms with Crippen molar-refractivity contribution >= 4 is 5.97 Å². The number of benzene rings is 1. The molecule has 0 unspecified atom stereocenters. The van der Waals surface area contributed by atoms with Crippen LogP contribution in [-0.4, -0.2) is 21.7 Å². The molecule has 80 valence electrons. The van der Waals surface area contributed by atoms with E-state index in [0.717, 1.165) is 6.42 Å². The van der Waals surface area contributed by atoms with Gasteiger partial charge in [-0.3, -0.25) is 0 Å². The number of hydrogen-bond donors (Lipinski definition) is 2. The number of phenols is 1. The van der Waals surface area contributed by atoms with E-state index >= 15 is 0 Å². The molecule has 5 heteroatoms. The zero-order chi connectivity index (χ0) is 10.3. The quantitative estimate of drug-likeness (QED) is 0.447. The molecule has 15 heavy (non-hydrogen) atoms. The Morgan fingerprint density at radius 1 is 1.33 bits per heavy atom. The van der Waals surface area contributed by atoms with Crippen LogP contribution in [0, 0.1) is 6.92 Å². The van der Waals surface area contributed by atoms with E-state index in [1.54, 1.807) is 0 Å². The summed E-state index contributed by atoms with van der Waals surface area (Å²) in [6.07, 6.45) is 1.00. The molecule has 0 radical (unpaired) electrons. The van der Waals surface area contributed by atoms with Crippen LogP contribution in [0.15, 0.2) is 24.3 Å². The van der Waals surface area contributed by atoms with Crippen LogP contribution < -0.4 is 29.6 Å². The SMILES string of the molecule is O.O=C(O)c1ccc(O)cc1.[CH2-]CC.[Na+]. The van der Waals surface area contributed by atoms with Crippen molar-refractivity contribution in [3.63, 3.8) is 0 Å². The topological polar surface area (TPSA) is 89.0 Å². The number of carbonyl (C=O) groups is 1. The van der Waals surface area contributed by atoms with Gasteiger partial charge in [0, 0.05) is 0 Å². The zero-order valence-corrected chi connectivity index (χ0v) is 11.0. The summed E-state index contributed by atoms with van der Waals surface area (Å²) in [5, 5.41) is 17.1. The summed E-state index contributed by atoms with van der Waals surface area (Å²) < 4.78 is 0. The summed E-state index contributed by atoms with van der Waals surface area (Å²) >= 11 is 0. The Hall–Kier alpha value is -0.550. The van der Waals surface area contributed by atoms with Gasteiger partial charge in [-0.15, -0.1) is 0 Å². The minimum absolute atomic E-state index is 0. The van der Waals surface area contributed by atoms with Crippen LogP contribution in [0.1, 0.15) is 23.7 Å². The number of aromatic carboxylic acids is 1. The van der Waals surface area contributed by atoms with Crippen molar-refractivity contribution in [2.45, 2.75) is 13.3 Å². The monoisotopic (exact) mass is 222 g/mol. The molecule has 0 aliphatic rings. The van der Waals surface area contributed by atoms with E-state index in [0.29, 0.717) is 0 Å². The standard InChI is InChI=1S/C7H6O3.C3H7.Na.H2O/c8-6-3-1-5(2-4-6)7(9)10;1-3-2;;/h1-4,8H,(H,9,10);1,3H2,2H3;;1H2/q;-1;+1;. The van der Waals surface area contributed by atoms with Crippen LogP contribution >= 0.6 is 0 Å². The van der Waals surface area contributed by atoms with Gasteiger partial charge < -0.3 is 22.6 Å². The second-order valence-corrected chi connectivity index (χ2v) is 2.35. The molecule has 0 aliphatic carbocycles. The molecule has 0 spiro atoms. The van der Waals surface area contributed by atoms with Gasteiger partial charge in [0.1, 0.15) is 5.75 Å². The van der Waals surface area contributed by atoms with Crippen LogP contribution in [0.5, 0.6) is 5.75 Å². The fraction of sp³-hybridized carbons (Fsp3) is 0.200. The van der Waals surface area contributed by atoms with Crippen molar-refractivity contribution in [2.24, 2.45) is 0 Å². The largest absolute Gasteiger partial charge is 1.00 e. The fourth-order valence-corrected chi connectivity index (χ4v) is 0.604. The van der Waals surface area contributed by atoms with Crippen LogP contribution in [0.2, 0.25) is 0 Å². The number of carboxylic acid groups (broad SMARTS) is 1. The maximum Gasteiger partial charge on any atom is 1.00 e. The molecule has 0 aromatic heterocycles. The zero-order valence-electron chi connectivity index (χ0n) is 9.03. The van der Waals surface area contributed by atoms with E-state index in [1.165, 1.54) is 24.3 Å². The Morgan fingerprint density at radius 3 is 1.93 bits per heavy atom. The first-order valence-corrected chi connectivity index (χ1v) is 3.93. The molecule has 1 aromatic carbocycles. The first kappa shape index (κ1) is 19.9. The summed E-state index contributed by atoms with van der Waals surface area (Å²) in [5.74, 6) is -0.912. The van der Waals surface area contributed by atoms with Crippen molar-refractivity contribution in [3.05, 3.63) is 36.8 Å². The predicted octanol–water partition coefficient (Wildman–Crippen LogP) is -1.50. The van der Waals surface area contributed by atoms with Crippen molar-refractivity contribution < 1.29 is 50.0 Å². The van der Waals surface area contributed by atoms with E-state index in [-0.39, 0.29) is 46.3 Å². The second kappa shape index (κ2) is 11.5. The normalized spacial score (nSPS) is 7.33. The van der Waals surface area contributed by atoms with Gasteiger partial charge in [0.2, 0.25) is 0 Å². The third-order valence-corrected chi connectivity index (χ3v) is 1.11. The molecule has 4 nitrogen and oxygen atoms in total. The van der Waals surface area contributed by atoms with Gasteiger partial charge in [0.15, 0.2) is 0 Å². The average Bonchev–Trinajstić information content (AvgIpc) is 2.06. The first-order valence-electron chi connectivity index (χ1n) is 3.93. The molecular formula is C10H15NaO4. The predicted molar refractivity (Wildman–Crippen MR) is 54.3 cm³/mol. The van der Waals surface area contributed by atoms with Crippen molar-refractivity contribution in [1.29, 1.82) is 0 Å². The summed E-state index contributed by atoms with van der Waals surface area (Å²) in [5.41, 5.74) is 0.179. The number of hydrogen-bond acceptors (Lipinski definition) is 2. The maximum atomic E-state index is 10.2. The van der Waals surface area contributed by atoms with Crippen LogP contribution in [-0.2, 0) is 0 Å². The third kappa shape index (κ3) is 9.75. The van der Waals surface area contributed by atoms with Crippen molar-refractivity contribution in [3.8, 4) is 5.75 Å². The van der Waals surface area contributed by atoms with E-state index in [2.05, 4.69) is 6.92 Å². The molecule has 0 saturated heterocycles. The molecule has 0 bridgehead atoms. The molecule has 1 rings (SSSR count). The van der Waals surface area contributed by atoms with Gasteiger partial charge in [0.05, 0.1) is 5.56 Å². The van der Waals surface area contributed by atoms with Gasteiger partial charge >= 0.3 is 35.5 Å². The summed E-state index contributed by atoms with van der Waals surface area (Å²) in [4.78, 5) is 10.2. The molecule has 1 aromatic rings. The van der Waals surface area contributed by atoms with E-state index in [9.17, 15) is 4.79 Å². The molecule has 0 saturated carbocycles. The minimum Gasteiger partial charge on any atom is -0.508 e. The second-order valence-electron chi connectivity index (χ2n) is 2.35. The first-order chi connectivity index (χ1) is 6.11. The summed E-state index contributed by atoms with van der Waals surface area (Å²) in [7, 11) is 0. The smallest absolute Gasteiger partial charge is 0.508 e. The van der Waals surface area contributed by atoms with Crippen molar-refractivity contribution in [2.75, 3.05) is 0 Å². The molecule has 0 aliphatic heterocycles. The van der Waals surface area contributed by atoms with Gasteiger partial charge in [-0.1, -0.05) is 6.92 Å². The Balaban J connectivity index is -0.000000260. The molecular weight excluding hydrogens is 207 g/mol. The minimum atomic E-state index is -0.986. The van der Waals surface area contributed by atoms with Crippen LogP contribution in [0.3, 0.4) is 0 Å². The molecule has 4 N–H and O–H groups in total. The molecule has 0 heterocycles. The number of rotatable bonds is 1. The van der Waals surface area contributed by atoms with Crippen LogP contribution in [0.4, 0.5) is 0 Å². The maximum absolute atomic E-state index is 10.2. The van der Waals surface area contributed by atoms with Gasteiger partial charge in [-0.2, -0.15) is 6.42 Å². The summed E-state index contributed by atoms with van der Waals surface area (Å²) in [6, 6.07) is 5.36. The van der Waals surface area contributed by atoms with E-state index in [4.69, 9.17) is 10.2 Å². The Morgan fingerprint density at radius 2 is 1.67 bits per heavy atom.